The number of carbonyl (C=O) groups is 1. The number of hydrogen-bond donors (Lipinski definition) is 1. The molecule has 0 bridgehead atoms. The SMILES string of the molecule is CC(C)(COCc1ccccc1)COC(N)=O. The van der Waals surface area contributed by atoms with E-state index in [1.54, 1.807) is 0 Å². The second-order valence-electron chi connectivity index (χ2n) is 4.75. The van der Waals surface area contributed by atoms with Crippen LogP contribution >= 0.6 is 0 Å². The molecule has 1 rings (SSSR count). The van der Waals surface area contributed by atoms with Crippen LogP contribution < -0.4 is 5.73 Å². The van der Waals surface area contributed by atoms with Gasteiger partial charge in [0.15, 0.2) is 0 Å². The first kappa shape index (κ1) is 13.5. The molecule has 0 saturated heterocycles. The number of primary amides is 1. The van der Waals surface area contributed by atoms with Crippen molar-refractivity contribution >= 4 is 6.09 Å². The molecular weight excluding hydrogens is 218 g/mol. The van der Waals surface area contributed by atoms with Gasteiger partial charge in [0.2, 0.25) is 0 Å². The van der Waals surface area contributed by atoms with Gasteiger partial charge in [-0.15, -0.1) is 0 Å². The van der Waals surface area contributed by atoms with Crippen LogP contribution in [0.15, 0.2) is 30.3 Å². The second kappa shape index (κ2) is 6.25. The summed E-state index contributed by atoms with van der Waals surface area (Å²) in [6.45, 7) is 5.25. The van der Waals surface area contributed by atoms with E-state index < -0.39 is 6.09 Å². The van der Waals surface area contributed by atoms with Crippen molar-refractivity contribution in [3.05, 3.63) is 35.9 Å². The standard InChI is InChI=1S/C13H19NO3/c1-13(2,10-17-12(14)15)9-16-8-11-6-4-3-5-7-11/h3-7H,8-10H2,1-2H3,(H2,14,15). The molecule has 0 aliphatic rings. The highest BCUT2D eigenvalue weighted by Gasteiger charge is 2.20. The number of ether oxygens (including phenoxy) is 2. The smallest absolute Gasteiger partial charge is 0.404 e. The van der Waals surface area contributed by atoms with Crippen LogP contribution in [0.5, 0.6) is 0 Å². The maximum atomic E-state index is 10.5. The first-order chi connectivity index (χ1) is 7.99. The quantitative estimate of drug-likeness (QED) is 0.826. The number of hydrogen-bond acceptors (Lipinski definition) is 3. The van der Waals surface area contributed by atoms with Crippen molar-refractivity contribution in [2.45, 2.75) is 20.5 Å². The molecule has 0 aromatic heterocycles. The third kappa shape index (κ3) is 5.92. The van der Waals surface area contributed by atoms with Gasteiger partial charge < -0.3 is 15.2 Å². The Kier molecular flexibility index (Phi) is 4.97. The summed E-state index contributed by atoms with van der Waals surface area (Å²) in [5, 5.41) is 0. The van der Waals surface area contributed by atoms with Gasteiger partial charge >= 0.3 is 6.09 Å². The van der Waals surface area contributed by atoms with Crippen molar-refractivity contribution in [2.24, 2.45) is 11.1 Å². The lowest BCUT2D eigenvalue weighted by Gasteiger charge is -2.23. The number of carbonyl (C=O) groups excluding carboxylic acids is 1. The summed E-state index contributed by atoms with van der Waals surface area (Å²) >= 11 is 0. The van der Waals surface area contributed by atoms with Gasteiger partial charge in [0.25, 0.3) is 0 Å². The molecule has 1 aromatic carbocycles. The fourth-order valence-corrected chi connectivity index (χ4v) is 1.33. The molecule has 2 N–H and O–H groups in total. The Morgan fingerprint density at radius 1 is 1.24 bits per heavy atom. The molecule has 4 nitrogen and oxygen atoms in total. The monoisotopic (exact) mass is 237 g/mol. The fraction of sp³-hybridized carbons (Fsp3) is 0.462. The molecule has 1 aromatic rings. The maximum Gasteiger partial charge on any atom is 0.404 e. The Bertz CT molecular complexity index is 349. The molecule has 0 aliphatic heterocycles. The highest BCUT2D eigenvalue weighted by atomic mass is 16.5. The van der Waals surface area contributed by atoms with E-state index in [0.29, 0.717) is 13.2 Å². The minimum atomic E-state index is -0.749. The van der Waals surface area contributed by atoms with E-state index >= 15 is 0 Å². The average Bonchev–Trinajstić information content (AvgIpc) is 2.28. The molecule has 0 spiro atoms. The van der Waals surface area contributed by atoms with Gasteiger partial charge in [-0.2, -0.15) is 0 Å². The zero-order chi connectivity index (χ0) is 12.7. The van der Waals surface area contributed by atoms with Crippen molar-refractivity contribution in [2.75, 3.05) is 13.2 Å². The van der Waals surface area contributed by atoms with E-state index in [1.165, 1.54) is 0 Å². The van der Waals surface area contributed by atoms with Gasteiger partial charge in [-0.05, 0) is 5.56 Å². The van der Waals surface area contributed by atoms with Crippen LogP contribution in [0, 0.1) is 5.41 Å². The minimum absolute atomic E-state index is 0.232. The molecule has 4 heteroatoms. The summed E-state index contributed by atoms with van der Waals surface area (Å²) in [7, 11) is 0. The summed E-state index contributed by atoms with van der Waals surface area (Å²) in [4.78, 5) is 10.5. The van der Waals surface area contributed by atoms with Crippen molar-refractivity contribution in [1.82, 2.24) is 0 Å². The molecule has 1 amide bonds. The molecular formula is C13H19NO3. The number of amides is 1. The van der Waals surface area contributed by atoms with E-state index in [2.05, 4.69) is 0 Å². The summed E-state index contributed by atoms with van der Waals surface area (Å²) in [5.41, 5.74) is 5.81. The van der Waals surface area contributed by atoms with E-state index in [9.17, 15) is 4.79 Å². The molecule has 17 heavy (non-hydrogen) atoms. The van der Waals surface area contributed by atoms with Crippen molar-refractivity contribution in [3.63, 3.8) is 0 Å². The molecule has 0 aliphatic carbocycles. The van der Waals surface area contributed by atoms with Crippen LogP contribution in [-0.4, -0.2) is 19.3 Å². The van der Waals surface area contributed by atoms with Gasteiger partial charge in [0, 0.05) is 5.41 Å². The van der Waals surface area contributed by atoms with Gasteiger partial charge in [0.1, 0.15) is 6.61 Å². The Morgan fingerprint density at radius 2 is 1.88 bits per heavy atom. The molecule has 0 heterocycles. The summed E-state index contributed by atoms with van der Waals surface area (Å²) < 4.78 is 10.4. The third-order valence-electron chi connectivity index (χ3n) is 2.21. The van der Waals surface area contributed by atoms with Crippen LogP contribution in [0.4, 0.5) is 4.79 Å². The molecule has 0 saturated carbocycles. The first-order valence-electron chi connectivity index (χ1n) is 5.53. The molecule has 0 atom stereocenters. The molecule has 0 fully saturated rings. The van der Waals surface area contributed by atoms with Gasteiger partial charge in [-0.25, -0.2) is 4.79 Å². The second-order valence-corrected chi connectivity index (χ2v) is 4.75. The number of rotatable bonds is 6. The van der Waals surface area contributed by atoms with Crippen LogP contribution in [0.2, 0.25) is 0 Å². The predicted octanol–water partition coefficient (Wildman–Crippen LogP) is 2.32. The van der Waals surface area contributed by atoms with Crippen LogP contribution in [-0.2, 0) is 16.1 Å². The van der Waals surface area contributed by atoms with Gasteiger partial charge in [0.05, 0.1) is 13.2 Å². The van der Waals surface area contributed by atoms with E-state index in [4.69, 9.17) is 15.2 Å². The highest BCUT2D eigenvalue weighted by molar-refractivity contribution is 5.64. The Morgan fingerprint density at radius 3 is 2.47 bits per heavy atom. The van der Waals surface area contributed by atoms with Crippen LogP contribution in [0.3, 0.4) is 0 Å². The first-order valence-corrected chi connectivity index (χ1v) is 5.53. The predicted molar refractivity (Wildman–Crippen MR) is 65.4 cm³/mol. The van der Waals surface area contributed by atoms with Gasteiger partial charge in [-0.1, -0.05) is 44.2 Å². The highest BCUT2D eigenvalue weighted by Crippen LogP contribution is 2.16. The van der Waals surface area contributed by atoms with Crippen molar-refractivity contribution in [1.29, 1.82) is 0 Å². The minimum Gasteiger partial charge on any atom is -0.449 e. The fourth-order valence-electron chi connectivity index (χ4n) is 1.33. The third-order valence-corrected chi connectivity index (χ3v) is 2.21. The zero-order valence-electron chi connectivity index (χ0n) is 10.3. The molecule has 0 radical (unpaired) electrons. The Hall–Kier alpha value is -1.55. The lowest BCUT2D eigenvalue weighted by molar-refractivity contribution is 0.0139. The van der Waals surface area contributed by atoms with Crippen LogP contribution in [0.1, 0.15) is 19.4 Å². The lowest BCUT2D eigenvalue weighted by atomic mass is 9.96. The Balaban J connectivity index is 2.27. The molecule has 94 valence electrons. The van der Waals surface area contributed by atoms with Gasteiger partial charge in [-0.3, -0.25) is 0 Å². The summed E-state index contributed by atoms with van der Waals surface area (Å²) in [5.74, 6) is 0. The largest absolute Gasteiger partial charge is 0.449 e. The topological polar surface area (TPSA) is 61.6 Å². The van der Waals surface area contributed by atoms with E-state index in [0.717, 1.165) is 5.56 Å². The summed E-state index contributed by atoms with van der Waals surface area (Å²) in [6.07, 6.45) is -0.749. The number of benzene rings is 1. The normalized spacial score (nSPS) is 11.2. The van der Waals surface area contributed by atoms with E-state index in [-0.39, 0.29) is 12.0 Å². The number of nitrogens with two attached hydrogens (primary N) is 1. The lowest BCUT2D eigenvalue weighted by Crippen LogP contribution is -2.28. The maximum absolute atomic E-state index is 10.5. The molecule has 0 unspecified atom stereocenters. The zero-order valence-corrected chi connectivity index (χ0v) is 10.3. The average molecular weight is 237 g/mol. The Labute approximate surface area is 102 Å². The van der Waals surface area contributed by atoms with Crippen LogP contribution in [0.25, 0.3) is 0 Å². The van der Waals surface area contributed by atoms with E-state index in [1.807, 2.05) is 44.2 Å². The van der Waals surface area contributed by atoms with Crippen molar-refractivity contribution in [3.8, 4) is 0 Å². The van der Waals surface area contributed by atoms with Crippen molar-refractivity contribution < 1.29 is 14.3 Å². The summed E-state index contributed by atoms with van der Waals surface area (Å²) in [6, 6.07) is 9.92.